The first-order valence-electron chi connectivity index (χ1n) is 2.14. The summed E-state index contributed by atoms with van der Waals surface area (Å²) in [7, 11) is -6.27. The maximum Gasteiger partial charge on any atom is 0.446 e. The van der Waals surface area contributed by atoms with Crippen molar-refractivity contribution in [1.82, 2.24) is 0 Å². The zero-order valence-corrected chi connectivity index (χ0v) is 5.81. The Bertz CT molecular complexity index is 297. The first kappa shape index (κ1) is 11.3. The molecule has 0 heterocycles. The third-order valence-corrected chi connectivity index (χ3v) is 1.24. The Morgan fingerprint density at radius 1 is 1.08 bits per heavy atom. The Morgan fingerprint density at radius 2 is 1.42 bits per heavy atom. The second kappa shape index (κ2) is 2.96. The van der Waals surface area contributed by atoms with Crippen LogP contribution >= 0.6 is 0 Å². The van der Waals surface area contributed by atoms with Crippen LogP contribution in [-0.4, -0.2) is 14.6 Å². The van der Waals surface area contributed by atoms with Gasteiger partial charge in [-0.25, -0.2) is 0 Å². The molecule has 2 nitrogen and oxygen atoms in total. The summed E-state index contributed by atoms with van der Waals surface area (Å²) in [6.45, 7) is 0. The third-order valence-electron chi connectivity index (χ3n) is 0.636. The summed E-state index contributed by atoms with van der Waals surface area (Å²) in [5.41, 5.74) is 0. The van der Waals surface area contributed by atoms with Gasteiger partial charge in [-0.1, -0.05) is 3.89 Å². The highest BCUT2D eigenvalue weighted by Gasteiger charge is 2.42. The zero-order chi connectivity index (χ0) is 10.2. The molecule has 0 N–H and O–H groups in total. The van der Waals surface area contributed by atoms with Crippen LogP contribution in [0.4, 0.5) is 25.8 Å². The van der Waals surface area contributed by atoms with Crippen LogP contribution in [0.25, 0.3) is 0 Å². The van der Waals surface area contributed by atoms with E-state index in [4.69, 9.17) is 0 Å². The Hall–Kier alpha value is -0.730. The van der Waals surface area contributed by atoms with E-state index in [0.717, 1.165) is 0 Å². The Morgan fingerprint density at radius 3 is 1.50 bits per heavy atom. The molecule has 0 amide bonds. The molecule has 0 aromatic heterocycles. The van der Waals surface area contributed by atoms with Crippen LogP contribution in [0.15, 0.2) is 11.0 Å². The first-order chi connectivity index (χ1) is 5.07. The van der Waals surface area contributed by atoms with Crippen LogP contribution in [0.1, 0.15) is 0 Å². The summed E-state index contributed by atoms with van der Waals surface area (Å²) in [6.07, 6.45) is -5.84. The van der Waals surface area contributed by atoms with Gasteiger partial charge in [0, 0.05) is 0 Å². The molecule has 0 unspecified atom stereocenters. The van der Waals surface area contributed by atoms with Gasteiger partial charge in [-0.2, -0.15) is 30.4 Å². The summed E-state index contributed by atoms with van der Waals surface area (Å²) in [5, 5.41) is -3.46. The van der Waals surface area contributed by atoms with Crippen molar-refractivity contribution >= 4 is 10.2 Å². The molecule has 0 aliphatic rings. The standard InChI is InChI=1S/C3F6O2S/c4-1(3(6,7)8)2(5)12(9,10)11. The highest BCUT2D eigenvalue weighted by Crippen LogP contribution is 2.32. The van der Waals surface area contributed by atoms with E-state index in [1.807, 2.05) is 0 Å². The predicted octanol–water partition coefficient (Wildman–Crippen LogP) is 1.96. The van der Waals surface area contributed by atoms with E-state index in [1.54, 1.807) is 0 Å². The molecule has 0 saturated heterocycles. The van der Waals surface area contributed by atoms with Crippen molar-refractivity contribution in [3.63, 3.8) is 0 Å². The second-order valence-electron chi connectivity index (χ2n) is 1.52. The first-order valence-corrected chi connectivity index (χ1v) is 3.52. The van der Waals surface area contributed by atoms with Gasteiger partial charge in [0.25, 0.3) is 11.0 Å². The zero-order valence-electron chi connectivity index (χ0n) is 4.99. The van der Waals surface area contributed by atoms with Gasteiger partial charge in [-0.05, 0) is 0 Å². The molecule has 9 heteroatoms. The molecule has 0 saturated carbocycles. The number of rotatable bonds is 1. The molecule has 72 valence electrons. The molecule has 0 fully saturated rings. The maximum absolute atomic E-state index is 11.6. The number of allylic oxidation sites excluding steroid dienone is 1. The topological polar surface area (TPSA) is 34.1 Å². The molecule has 0 aromatic carbocycles. The van der Waals surface area contributed by atoms with E-state index in [1.165, 1.54) is 0 Å². The molecule has 0 spiro atoms. The van der Waals surface area contributed by atoms with Gasteiger partial charge in [-0.3, -0.25) is 0 Å². The average molecular weight is 214 g/mol. The lowest BCUT2D eigenvalue weighted by Crippen LogP contribution is -2.11. The van der Waals surface area contributed by atoms with E-state index >= 15 is 0 Å². The molecule has 0 bridgehead atoms. The monoisotopic (exact) mass is 214 g/mol. The SMILES string of the molecule is O=S(=O)(F)C(F)=C(F)C(F)(F)F. The van der Waals surface area contributed by atoms with Crippen molar-refractivity contribution in [2.45, 2.75) is 6.18 Å². The lowest BCUT2D eigenvalue weighted by atomic mass is 10.6. The highest BCUT2D eigenvalue weighted by molar-refractivity contribution is 7.90. The fraction of sp³-hybridized carbons (Fsp3) is 0.333. The predicted molar refractivity (Wildman–Crippen MR) is 25.3 cm³/mol. The molecule has 0 rings (SSSR count). The Balaban J connectivity index is 5.26. The fourth-order valence-electron chi connectivity index (χ4n) is 0.218. The minimum Gasteiger partial charge on any atom is -0.198 e. The van der Waals surface area contributed by atoms with Crippen LogP contribution < -0.4 is 0 Å². The fourth-order valence-corrected chi connectivity index (χ4v) is 0.548. The summed E-state index contributed by atoms with van der Waals surface area (Å²) >= 11 is 0. The number of alkyl halides is 3. The minimum absolute atomic E-state index is 3.46. The smallest absolute Gasteiger partial charge is 0.198 e. The van der Waals surface area contributed by atoms with Crippen molar-refractivity contribution in [3.8, 4) is 0 Å². The van der Waals surface area contributed by atoms with Crippen molar-refractivity contribution < 1.29 is 34.3 Å². The van der Waals surface area contributed by atoms with Crippen molar-refractivity contribution in [2.24, 2.45) is 0 Å². The molecule has 12 heavy (non-hydrogen) atoms. The molecular formula is C3F6O2S. The van der Waals surface area contributed by atoms with E-state index < -0.39 is 27.4 Å². The highest BCUT2D eigenvalue weighted by atomic mass is 32.3. The van der Waals surface area contributed by atoms with Gasteiger partial charge in [0.05, 0.1) is 0 Å². The minimum atomic E-state index is -6.27. The van der Waals surface area contributed by atoms with Gasteiger partial charge in [-0.15, -0.1) is 0 Å². The summed E-state index contributed by atoms with van der Waals surface area (Å²) < 4.78 is 86.7. The number of halogens is 6. The van der Waals surface area contributed by atoms with Gasteiger partial charge in [0.2, 0.25) is 0 Å². The lowest BCUT2D eigenvalue weighted by Gasteiger charge is -2.01. The van der Waals surface area contributed by atoms with Crippen LogP contribution in [0, 0.1) is 0 Å². The summed E-state index contributed by atoms with van der Waals surface area (Å²) in [6, 6.07) is 0. The largest absolute Gasteiger partial charge is 0.446 e. The summed E-state index contributed by atoms with van der Waals surface area (Å²) in [5.74, 6) is -3.61. The molecule has 0 aliphatic carbocycles. The van der Waals surface area contributed by atoms with Crippen molar-refractivity contribution in [1.29, 1.82) is 0 Å². The van der Waals surface area contributed by atoms with E-state index in [9.17, 15) is 34.3 Å². The average Bonchev–Trinajstić information content (AvgIpc) is 1.80. The van der Waals surface area contributed by atoms with Crippen LogP contribution in [0.2, 0.25) is 0 Å². The van der Waals surface area contributed by atoms with Gasteiger partial charge in [0.1, 0.15) is 0 Å². The van der Waals surface area contributed by atoms with Gasteiger partial charge >= 0.3 is 16.4 Å². The molecule has 0 aliphatic heterocycles. The second-order valence-corrected chi connectivity index (χ2v) is 2.76. The van der Waals surface area contributed by atoms with Crippen LogP contribution in [0.3, 0.4) is 0 Å². The number of hydrogen-bond acceptors (Lipinski definition) is 2. The Kier molecular flexibility index (Phi) is 2.78. The molecule has 0 radical (unpaired) electrons. The quantitative estimate of drug-likeness (QED) is 0.493. The maximum atomic E-state index is 11.6. The van der Waals surface area contributed by atoms with Crippen molar-refractivity contribution in [2.75, 3.05) is 0 Å². The molecule has 0 atom stereocenters. The lowest BCUT2D eigenvalue weighted by molar-refractivity contribution is -0.110. The third kappa shape index (κ3) is 2.72. The van der Waals surface area contributed by atoms with Crippen LogP contribution in [0.5, 0.6) is 0 Å². The van der Waals surface area contributed by atoms with E-state index in [-0.39, 0.29) is 0 Å². The Labute approximate surface area is 62.7 Å². The summed E-state index contributed by atoms with van der Waals surface area (Å²) in [4.78, 5) is 0. The number of hydrogen-bond donors (Lipinski definition) is 0. The van der Waals surface area contributed by atoms with Gasteiger partial charge in [0.15, 0.2) is 0 Å². The van der Waals surface area contributed by atoms with Crippen LogP contribution in [-0.2, 0) is 10.2 Å². The molecule has 0 aromatic rings. The van der Waals surface area contributed by atoms with E-state index in [2.05, 4.69) is 0 Å². The normalized spacial score (nSPS) is 15.8. The van der Waals surface area contributed by atoms with E-state index in [0.29, 0.717) is 0 Å². The van der Waals surface area contributed by atoms with Crippen molar-refractivity contribution in [3.05, 3.63) is 11.0 Å². The molecular weight excluding hydrogens is 214 g/mol. The van der Waals surface area contributed by atoms with Gasteiger partial charge < -0.3 is 0 Å².